The summed E-state index contributed by atoms with van der Waals surface area (Å²) in [6.45, 7) is 4.29. The normalized spacial score (nSPS) is 10.3. The van der Waals surface area contributed by atoms with Crippen molar-refractivity contribution in [3.05, 3.63) is 12.2 Å². The first-order valence-corrected chi connectivity index (χ1v) is 2.56. The molecule has 6 heavy (non-hydrogen) atoms. The topological polar surface area (TPSA) is 0 Å². The number of allylic oxidation sites excluding steroid dienone is 2. The first-order valence-electron chi connectivity index (χ1n) is 2.56. The molecule has 0 saturated carbocycles. The van der Waals surface area contributed by atoms with Crippen LogP contribution in [0.15, 0.2) is 12.2 Å². The van der Waals surface area contributed by atoms with E-state index in [9.17, 15) is 0 Å². The van der Waals surface area contributed by atoms with E-state index < -0.39 is 0 Å². The Balaban J connectivity index is 2.73. The Hall–Kier alpha value is -0.260. The molecule has 0 aliphatic rings. The van der Waals surface area contributed by atoms with Gasteiger partial charge in [0.15, 0.2) is 0 Å². The van der Waals surface area contributed by atoms with Gasteiger partial charge in [0, 0.05) is 0 Å². The van der Waals surface area contributed by atoms with Crippen molar-refractivity contribution in [1.29, 1.82) is 0 Å². The maximum absolute atomic E-state index is 2.18. The Bertz CT molecular complexity index is 29.3. The van der Waals surface area contributed by atoms with Gasteiger partial charge in [0.05, 0.1) is 0 Å². The molecule has 0 heteroatoms. The molecule has 0 aromatic carbocycles. The Kier molecular flexibility index (Phi) is 4.53. The molecule has 0 saturated heterocycles. The lowest BCUT2D eigenvalue weighted by molar-refractivity contribution is 1.16. The van der Waals surface area contributed by atoms with Gasteiger partial charge >= 0.3 is 0 Å². The second-order valence-corrected chi connectivity index (χ2v) is 1.29. The molecule has 0 bridgehead atoms. The summed E-state index contributed by atoms with van der Waals surface area (Å²) >= 11 is 0. The highest BCUT2D eigenvalue weighted by molar-refractivity contribution is 4.77. The van der Waals surface area contributed by atoms with Crippen LogP contribution in [0.25, 0.3) is 0 Å². The highest BCUT2D eigenvalue weighted by atomic mass is 13.7. The highest BCUT2D eigenvalue weighted by Crippen LogP contribution is 1.81. The molecule has 0 unspecified atom stereocenters. The van der Waals surface area contributed by atoms with E-state index in [0.717, 1.165) is 0 Å². The van der Waals surface area contributed by atoms with Crippen LogP contribution >= 0.6 is 0 Å². The van der Waals surface area contributed by atoms with Crippen molar-refractivity contribution < 1.29 is 0 Å². The van der Waals surface area contributed by atoms with Gasteiger partial charge in [-0.15, -0.1) is 0 Å². The van der Waals surface area contributed by atoms with Gasteiger partial charge in [-0.3, -0.25) is 0 Å². The van der Waals surface area contributed by atoms with Crippen molar-refractivity contribution in [2.45, 2.75) is 26.7 Å². The zero-order valence-corrected chi connectivity index (χ0v) is 4.57. The van der Waals surface area contributed by atoms with Crippen molar-refractivity contribution in [3.8, 4) is 0 Å². The van der Waals surface area contributed by atoms with E-state index in [1.165, 1.54) is 12.8 Å². The lowest BCUT2D eigenvalue weighted by Gasteiger charge is -1.72. The second kappa shape index (κ2) is 4.74. The van der Waals surface area contributed by atoms with Gasteiger partial charge in [-0.1, -0.05) is 26.0 Å². The number of hydrogen-bond donors (Lipinski definition) is 0. The fourth-order valence-electron chi connectivity index (χ4n) is 0.333. The van der Waals surface area contributed by atoms with Crippen LogP contribution in [0.2, 0.25) is 0 Å². The molecule has 0 heterocycles. The fourth-order valence-corrected chi connectivity index (χ4v) is 0.333. The predicted molar refractivity (Wildman–Crippen MR) is 29.7 cm³/mol. The second-order valence-electron chi connectivity index (χ2n) is 1.29. The number of hydrogen-bond acceptors (Lipinski definition) is 0. The molecular formula is C6H12. The zero-order chi connectivity index (χ0) is 4.83. The van der Waals surface area contributed by atoms with Crippen molar-refractivity contribution in [2.75, 3.05) is 0 Å². The first kappa shape index (κ1) is 5.74. The van der Waals surface area contributed by atoms with E-state index in [1.807, 2.05) is 0 Å². The monoisotopic (exact) mass is 84.1 g/mol. The van der Waals surface area contributed by atoms with Gasteiger partial charge in [-0.05, 0) is 12.8 Å². The van der Waals surface area contributed by atoms with Gasteiger partial charge < -0.3 is 0 Å². The molecule has 0 fully saturated rings. The maximum Gasteiger partial charge on any atom is -0.0379 e. The molecule has 0 aromatic heterocycles. The molecule has 36 valence electrons. The molecule has 0 radical (unpaired) electrons. The summed E-state index contributed by atoms with van der Waals surface area (Å²) in [6.07, 6.45) is 6.71. The van der Waals surface area contributed by atoms with Crippen LogP contribution in [0.3, 0.4) is 0 Å². The van der Waals surface area contributed by atoms with Gasteiger partial charge in [0.2, 0.25) is 0 Å². The van der Waals surface area contributed by atoms with E-state index in [2.05, 4.69) is 26.0 Å². The molecule has 0 aliphatic carbocycles. The van der Waals surface area contributed by atoms with Gasteiger partial charge in [-0.25, -0.2) is 0 Å². The first-order chi connectivity index (χ1) is 2.91. The summed E-state index contributed by atoms with van der Waals surface area (Å²) in [6, 6.07) is 0. The Morgan fingerprint density at radius 3 is 1.50 bits per heavy atom. The molecule has 0 N–H and O–H groups in total. The van der Waals surface area contributed by atoms with E-state index >= 15 is 0 Å². The lowest BCUT2D eigenvalue weighted by Crippen LogP contribution is -1.51. The van der Waals surface area contributed by atoms with E-state index in [0.29, 0.717) is 0 Å². The smallest absolute Gasteiger partial charge is 0.0379 e. The maximum atomic E-state index is 2.18. The summed E-state index contributed by atoms with van der Waals surface area (Å²) in [5.74, 6) is 0. The molecule has 0 aliphatic heterocycles. The van der Waals surface area contributed by atoms with Crippen molar-refractivity contribution in [3.63, 3.8) is 0 Å². The van der Waals surface area contributed by atoms with Crippen molar-refractivity contribution >= 4 is 0 Å². The third-order valence-corrected chi connectivity index (χ3v) is 0.638. The Morgan fingerprint density at radius 2 is 1.33 bits per heavy atom. The van der Waals surface area contributed by atoms with Crippen LogP contribution in [0.1, 0.15) is 26.7 Å². The minimum atomic E-state index is 1.17. The molecule has 0 atom stereocenters. The van der Waals surface area contributed by atoms with Crippen LogP contribution in [0.5, 0.6) is 0 Å². The number of rotatable bonds is 2. The van der Waals surface area contributed by atoms with Crippen LogP contribution in [0, 0.1) is 0 Å². The summed E-state index contributed by atoms with van der Waals surface area (Å²) in [5, 5.41) is 0. The fraction of sp³-hybridized carbons (Fsp3) is 0.667. The quantitative estimate of drug-likeness (QED) is 0.450. The summed E-state index contributed by atoms with van der Waals surface area (Å²) in [7, 11) is 0. The zero-order valence-electron chi connectivity index (χ0n) is 4.57. The minimum Gasteiger partial charge on any atom is -0.0888 e. The third-order valence-electron chi connectivity index (χ3n) is 0.638. The Morgan fingerprint density at radius 1 is 1.00 bits per heavy atom. The van der Waals surface area contributed by atoms with E-state index in [-0.39, 0.29) is 0 Å². The molecular weight excluding hydrogens is 72.1 g/mol. The lowest BCUT2D eigenvalue weighted by atomic mass is 10.4. The van der Waals surface area contributed by atoms with Crippen LogP contribution in [-0.4, -0.2) is 0 Å². The largest absolute Gasteiger partial charge is 0.0888 e. The van der Waals surface area contributed by atoms with Crippen molar-refractivity contribution in [1.82, 2.24) is 0 Å². The Labute approximate surface area is 39.9 Å². The SMILES string of the molecule is CCC=CCC. The highest BCUT2D eigenvalue weighted by Gasteiger charge is 1.60. The van der Waals surface area contributed by atoms with Gasteiger partial charge in [-0.2, -0.15) is 0 Å². The van der Waals surface area contributed by atoms with Gasteiger partial charge in [0.25, 0.3) is 0 Å². The average Bonchev–Trinajstić information content (AvgIpc) is 1.61. The molecule has 0 spiro atoms. The molecule has 0 nitrogen and oxygen atoms in total. The van der Waals surface area contributed by atoms with Crippen molar-refractivity contribution in [2.24, 2.45) is 0 Å². The summed E-state index contributed by atoms with van der Waals surface area (Å²) in [4.78, 5) is 0. The van der Waals surface area contributed by atoms with E-state index in [4.69, 9.17) is 0 Å². The molecule has 0 rings (SSSR count). The molecule has 0 amide bonds. The summed E-state index contributed by atoms with van der Waals surface area (Å²) < 4.78 is 0. The standard InChI is InChI=1S/C6H12/c1-3-5-6-4-2/h5-6H,3-4H2,1-2H3. The average molecular weight is 84.2 g/mol. The van der Waals surface area contributed by atoms with Crippen LogP contribution < -0.4 is 0 Å². The summed E-state index contributed by atoms with van der Waals surface area (Å²) in [5.41, 5.74) is 0. The van der Waals surface area contributed by atoms with Gasteiger partial charge in [0.1, 0.15) is 0 Å². The molecule has 0 aromatic rings. The predicted octanol–water partition coefficient (Wildman–Crippen LogP) is 2.36. The van der Waals surface area contributed by atoms with Crippen LogP contribution in [-0.2, 0) is 0 Å². The third kappa shape index (κ3) is 3.74. The minimum absolute atomic E-state index is 1.17. The van der Waals surface area contributed by atoms with E-state index in [1.54, 1.807) is 0 Å². The van der Waals surface area contributed by atoms with Crippen LogP contribution in [0.4, 0.5) is 0 Å².